The van der Waals surface area contributed by atoms with E-state index < -0.39 is 17.5 Å². The molecule has 0 aliphatic heterocycles. The first-order chi connectivity index (χ1) is 17.4. The summed E-state index contributed by atoms with van der Waals surface area (Å²) >= 11 is 0. The standard InChI is InChI=1S/C22H23N3O5.C3H6O2.C2H6/c1-22(2,3)30-21(28)16-13-25-17(6-5-7-18(25)24-16)19(26)23-12-14-8-10-15(11-9-14)20(27)29-4;1-3(4)5-2;1-2/h5-11,13H,12H2,1-4H3,(H,23,26);1-2H3;1-2H3. The van der Waals surface area contributed by atoms with Crippen LogP contribution >= 0.6 is 0 Å². The quantitative estimate of drug-likeness (QED) is 0.397. The third-order valence-corrected chi connectivity index (χ3v) is 4.45. The van der Waals surface area contributed by atoms with Crippen LogP contribution in [0.4, 0.5) is 0 Å². The molecule has 2 aromatic heterocycles. The molecule has 0 radical (unpaired) electrons. The second kappa shape index (κ2) is 14.4. The molecule has 0 aliphatic carbocycles. The van der Waals surface area contributed by atoms with Crippen molar-refractivity contribution in [3.63, 3.8) is 0 Å². The van der Waals surface area contributed by atoms with E-state index in [1.54, 1.807) is 67.6 Å². The summed E-state index contributed by atoms with van der Waals surface area (Å²) < 4.78 is 15.7. The van der Waals surface area contributed by atoms with Crippen molar-refractivity contribution in [2.75, 3.05) is 14.2 Å². The normalized spacial score (nSPS) is 10.2. The van der Waals surface area contributed by atoms with E-state index in [2.05, 4.69) is 19.8 Å². The number of fused-ring (bicyclic) bond motifs is 1. The number of hydrogen-bond donors (Lipinski definition) is 1. The predicted molar refractivity (Wildman–Crippen MR) is 138 cm³/mol. The van der Waals surface area contributed by atoms with Crippen molar-refractivity contribution >= 4 is 29.5 Å². The molecule has 3 rings (SSSR count). The average Bonchev–Trinajstić information content (AvgIpc) is 3.32. The summed E-state index contributed by atoms with van der Waals surface area (Å²) in [6.45, 7) is 11.0. The molecule has 3 aromatic rings. The van der Waals surface area contributed by atoms with Crippen molar-refractivity contribution < 1.29 is 33.4 Å². The van der Waals surface area contributed by atoms with Crippen LogP contribution in [-0.2, 0) is 25.5 Å². The first-order valence-electron chi connectivity index (χ1n) is 11.7. The number of carbonyl (C=O) groups excluding carboxylic acids is 4. The lowest BCUT2D eigenvalue weighted by Gasteiger charge is -2.18. The molecule has 10 heteroatoms. The topological polar surface area (TPSA) is 125 Å². The van der Waals surface area contributed by atoms with E-state index in [9.17, 15) is 19.2 Å². The lowest BCUT2D eigenvalue weighted by molar-refractivity contribution is -0.137. The van der Waals surface area contributed by atoms with E-state index >= 15 is 0 Å². The number of aromatic nitrogens is 2. The number of pyridine rings is 1. The van der Waals surface area contributed by atoms with Gasteiger partial charge in [0.1, 0.15) is 16.9 Å². The van der Waals surface area contributed by atoms with Crippen LogP contribution in [0, 0.1) is 0 Å². The van der Waals surface area contributed by atoms with Gasteiger partial charge in [-0.15, -0.1) is 0 Å². The van der Waals surface area contributed by atoms with Crippen LogP contribution in [0.1, 0.15) is 78.4 Å². The molecular formula is C27H35N3O7. The van der Waals surface area contributed by atoms with Gasteiger partial charge in [-0.2, -0.15) is 0 Å². The molecule has 0 atom stereocenters. The number of nitrogens with zero attached hydrogens (tertiary/aromatic N) is 2. The highest BCUT2D eigenvalue weighted by Crippen LogP contribution is 2.15. The van der Waals surface area contributed by atoms with Crippen LogP contribution in [0.25, 0.3) is 5.65 Å². The van der Waals surface area contributed by atoms with Crippen LogP contribution in [0.15, 0.2) is 48.7 Å². The van der Waals surface area contributed by atoms with E-state index in [-0.39, 0.29) is 24.1 Å². The third-order valence-electron chi connectivity index (χ3n) is 4.45. The molecule has 1 aromatic carbocycles. The smallest absolute Gasteiger partial charge is 0.359 e. The molecule has 200 valence electrons. The van der Waals surface area contributed by atoms with Gasteiger partial charge >= 0.3 is 17.9 Å². The van der Waals surface area contributed by atoms with Gasteiger partial charge in [0, 0.05) is 19.7 Å². The molecule has 1 N–H and O–H groups in total. The molecule has 0 bridgehead atoms. The largest absolute Gasteiger partial charge is 0.469 e. The molecule has 2 heterocycles. The highest BCUT2D eigenvalue weighted by atomic mass is 16.6. The fraction of sp³-hybridized carbons (Fsp3) is 0.370. The molecule has 0 spiro atoms. The van der Waals surface area contributed by atoms with Crippen LogP contribution in [0.2, 0.25) is 0 Å². The van der Waals surface area contributed by atoms with Crippen molar-refractivity contribution in [3.05, 3.63) is 71.2 Å². The van der Waals surface area contributed by atoms with Gasteiger partial charge in [-0.1, -0.05) is 32.0 Å². The van der Waals surface area contributed by atoms with Crippen molar-refractivity contribution in [1.82, 2.24) is 14.7 Å². The van der Waals surface area contributed by atoms with E-state index in [1.165, 1.54) is 27.3 Å². The van der Waals surface area contributed by atoms with Crippen LogP contribution in [-0.4, -0.2) is 53.0 Å². The minimum Gasteiger partial charge on any atom is -0.469 e. The Balaban J connectivity index is 0.000000874. The Morgan fingerprint density at radius 1 is 0.919 bits per heavy atom. The second-order valence-electron chi connectivity index (χ2n) is 8.33. The zero-order valence-electron chi connectivity index (χ0n) is 22.6. The van der Waals surface area contributed by atoms with Gasteiger partial charge in [-0.3, -0.25) is 14.0 Å². The zero-order chi connectivity index (χ0) is 28.2. The van der Waals surface area contributed by atoms with Gasteiger partial charge in [0.25, 0.3) is 5.91 Å². The lowest BCUT2D eigenvalue weighted by Crippen LogP contribution is -2.25. The molecule has 0 unspecified atom stereocenters. The number of benzene rings is 1. The number of carbonyl (C=O) groups is 4. The van der Waals surface area contributed by atoms with E-state index in [0.29, 0.717) is 16.9 Å². The third kappa shape index (κ3) is 9.75. The maximum Gasteiger partial charge on any atom is 0.359 e. The molecule has 1 amide bonds. The summed E-state index contributed by atoms with van der Waals surface area (Å²) in [6.07, 6.45) is 1.49. The molecule has 37 heavy (non-hydrogen) atoms. The Morgan fingerprint density at radius 2 is 1.51 bits per heavy atom. The molecule has 0 saturated heterocycles. The Bertz CT molecular complexity index is 1210. The number of methoxy groups -OCH3 is 2. The first-order valence-corrected chi connectivity index (χ1v) is 11.7. The number of imidazole rings is 1. The minimum absolute atomic E-state index is 0.128. The lowest BCUT2D eigenvalue weighted by atomic mass is 10.1. The Kier molecular flexibility index (Phi) is 12.0. The maximum absolute atomic E-state index is 12.7. The zero-order valence-corrected chi connectivity index (χ0v) is 22.6. The second-order valence-corrected chi connectivity index (χ2v) is 8.33. The van der Waals surface area contributed by atoms with Gasteiger partial charge in [-0.25, -0.2) is 14.6 Å². The first kappa shape index (κ1) is 30.8. The highest BCUT2D eigenvalue weighted by Gasteiger charge is 2.21. The molecule has 0 saturated carbocycles. The Labute approximate surface area is 216 Å². The van der Waals surface area contributed by atoms with Gasteiger partial charge in [0.05, 0.1) is 19.8 Å². The van der Waals surface area contributed by atoms with Crippen LogP contribution < -0.4 is 5.32 Å². The Morgan fingerprint density at radius 3 is 2.03 bits per heavy atom. The fourth-order valence-corrected chi connectivity index (χ4v) is 2.77. The number of ether oxygens (including phenoxy) is 3. The average molecular weight is 514 g/mol. The maximum atomic E-state index is 12.7. The van der Waals surface area contributed by atoms with Crippen molar-refractivity contribution in [3.8, 4) is 0 Å². The number of nitrogens with one attached hydrogen (secondary N) is 1. The molecule has 0 aliphatic rings. The van der Waals surface area contributed by atoms with Gasteiger partial charge in [0.15, 0.2) is 5.69 Å². The summed E-state index contributed by atoms with van der Waals surface area (Å²) in [6, 6.07) is 11.8. The summed E-state index contributed by atoms with van der Waals surface area (Å²) in [7, 11) is 2.67. The summed E-state index contributed by atoms with van der Waals surface area (Å²) in [5.41, 5.74) is 1.54. The van der Waals surface area contributed by atoms with Crippen molar-refractivity contribution in [1.29, 1.82) is 0 Å². The van der Waals surface area contributed by atoms with Crippen LogP contribution in [0.5, 0.6) is 0 Å². The number of esters is 3. The van der Waals surface area contributed by atoms with E-state index in [1.807, 2.05) is 13.8 Å². The van der Waals surface area contributed by atoms with Crippen molar-refractivity contribution in [2.24, 2.45) is 0 Å². The number of hydrogen-bond acceptors (Lipinski definition) is 8. The SMILES string of the molecule is CC.COC(=O)c1ccc(CNC(=O)c2cccc3nc(C(=O)OC(C)(C)C)cn23)cc1.COC(C)=O. The Hall–Kier alpha value is -4.21. The van der Waals surface area contributed by atoms with Crippen LogP contribution in [0.3, 0.4) is 0 Å². The minimum atomic E-state index is -0.642. The summed E-state index contributed by atoms with van der Waals surface area (Å²) in [5.74, 6) is -1.54. The van der Waals surface area contributed by atoms with Crippen molar-refractivity contribution in [2.45, 2.75) is 53.7 Å². The van der Waals surface area contributed by atoms with Gasteiger partial charge in [-0.05, 0) is 50.6 Å². The molecule has 10 nitrogen and oxygen atoms in total. The number of rotatable bonds is 5. The number of amides is 1. The monoisotopic (exact) mass is 513 g/mol. The summed E-state index contributed by atoms with van der Waals surface area (Å²) in [4.78, 5) is 50.3. The predicted octanol–water partition coefficient (Wildman–Crippen LogP) is 4.21. The van der Waals surface area contributed by atoms with E-state index in [4.69, 9.17) is 4.74 Å². The van der Waals surface area contributed by atoms with Gasteiger partial charge in [0.2, 0.25) is 0 Å². The molecular weight excluding hydrogens is 478 g/mol. The van der Waals surface area contributed by atoms with E-state index in [0.717, 1.165) is 5.56 Å². The molecule has 0 fully saturated rings. The van der Waals surface area contributed by atoms with Gasteiger partial charge < -0.3 is 19.5 Å². The fourth-order valence-electron chi connectivity index (χ4n) is 2.77. The summed E-state index contributed by atoms with van der Waals surface area (Å²) in [5, 5.41) is 2.83. The highest BCUT2D eigenvalue weighted by molar-refractivity contribution is 5.94.